The molecule has 0 N–H and O–H groups in total. The van der Waals surface area contributed by atoms with Gasteiger partial charge in [0.1, 0.15) is 25.4 Å². The van der Waals surface area contributed by atoms with Crippen LogP contribution in [0.1, 0.15) is 97.3 Å². The molecule has 0 amide bonds. The molecule has 6 nitrogen and oxygen atoms in total. The quantitative estimate of drug-likeness (QED) is 0.184. The predicted molar refractivity (Wildman–Crippen MR) is 111 cm³/mol. The van der Waals surface area contributed by atoms with E-state index in [9.17, 15) is 9.59 Å². The normalized spacial score (nSPS) is 24.9. The fourth-order valence-corrected chi connectivity index (χ4v) is 3.56. The van der Waals surface area contributed by atoms with Crippen LogP contribution >= 0.6 is 0 Å². The Kier molecular flexibility index (Phi) is 11.6. The second-order valence-corrected chi connectivity index (χ2v) is 8.34. The van der Waals surface area contributed by atoms with Gasteiger partial charge in [0.15, 0.2) is 0 Å². The molecule has 2 aliphatic heterocycles. The average Bonchev–Trinajstić information content (AvgIpc) is 3.62. The van der Waals surface area contributed by atoms with Crippen molar-refractivity contribution in [3.63, 3.8) is 0 Å². The van der Waals surface area contributed by atoms with Crippen LogP contribution in [-0.4, -0.2) is 49.6 Å². The number of epoxide rings is 2. The first-order valence-corrected chi connectivity index (χ1v) is 11.8. The highest BCUT2D eigenvalue weighted by Crippen LogP contribution is 2.28. The molecule has 0 aromatic heterocycles. The number of hydrogen-bond acceptors (Lipinski definition) is 6. The molecule has 0 saturated carbocycles. The maximum atomic E-state index is 11.8. The van der Waals surface area contributed by atoms with Crippen molar-refractivity contribution in [2.75, 3.05) is 13.2 Å². The SMILES string of the molecule is CCCCCC1OC1COC(=O)CCCCCC(=O)OCC1OC1CCCCC. The monoisotopic (exact) mass is 412 g/mol. The van der Waals surface area contributed by atoms with Crippen LogP contribution in [0.2, 0.25) is 0 Å². The van der Waals surface area contributed by atoms with Gasteiger partial charge in [-0.3, -0.25) is 9.59 Å². The van der Waals surface area contributed by atoms with Gasteiger partial charge < -0.3 is 18.9 Å². The molecule has 168 valence electrons. The number of unbranched alkanes of at least 4 members (excludes halogenated alkanes) is 6. The zero-order chi connectivity index (χ0) is 20.9. The molecule has 6 heteroatoms. The molecule has 2 heterocycles. The molecule has 0 aromatic carbocycles. The fourth-order valence-electron chi connectivity index (χ4n) is 3.56. The molecule has 2 fully saturated rings. The molecule has 2 saturated heterocycles. The molecule has 2 rings (SSSR count). The number of ether oxygens (including phenoxy) is 4. The topological polar surface area (TPSA) is 77.7 Å². The van der Waals surface area contributed by atoms with E-state index in [1.54, 1.807) is 0 Å². The highest BCUT2D eigenvalue weighted by Gasteiger charge is 2.39. The number of esters is 2. The Morgan fingerprint density at radius 3 is 1.48 bits per heavy atom. The minimum atomic E-state index is -0.171. The molecule has 0 aromatic rings. The van der Waals surface area contributed by atoms with E-state index in [-0.39, 0.29) is 36.4 Å². The van der Waals surface area contributed by atoms with Crippen LogP contribution in [0.25, 0.3) is 0 Å². The molecule has 0 spiro atoms. The zero-order valence-electron chi connectivity index (χ0n) is 18.4. The Balaban J connectivity index is 1.35. The van der Waals surface area contributed by atoms with Crippen LogP contribution in [0, 0.1) is 0 Å². The molecular weight excluding hydrogens is 372 g/mol. The summed E-state index contributed by atoms with van der Waals surface area (Å²) in [6.45, 7) is 5.13. The molecule has 4 unspecified atom stereocenters. The van der Waals surface area contributed by atoms with Crippen molar-refractivity contribution in [1.82, 2.24) is 0 Å². The number of carbonyl (C=O) groups is 2. The second kappa shape index (κ2) is 14.0. The summed E-state index contributed by atoms with van der Waals surface area (Å²) in [5.41, 5.74) is 0. The van der Waals surface area contributed by atoms with E-state index in [1.165, 1.54) is 38.5 Å². The molecule has 29 heavy (non-hydrogen) atoms. The van der Waals surface area contributed by atoms with Crippen LogP contribution in [0.4, 0.5) is 0 Å². The maximum Gasteiger partial charge on any atom is 0.305 e. The summed E-state index contributed by atoms with van der Waals surface area (Å²) in [6.07, 6.45) is 13.3. The van der Waals surface area contributed by atoms with E-state index in [0.29, 0.717) is 26.1 Å². The lowest BCUT2D eigenvalue weighted by atomic mass is 10.1. The maximum absolute atomic E-state index is 11.8. The van der Waals surface area contributed by atoms with Gasteiger partial charge >= 0.3 is 11.9 Å². The lowest BCUT2D eigenvalue weighted by Crippen LogP contribution is -2.12. The summed E-state index contributed by atoms with van der Waals surface area (Å²) in [5, 5.41) is 0. The number of rotatable bonds is 18. The first-order chi connectivity index (χ1) is 14.1. The van der Waals surface area contributed by atoms with E-state index in [4.69, 9.17) is 18.9 Å². The number of hydrogen-bond donors (Lipinski definition) is 0. The predicted octanol–water partition coefficient (Wildman–Crippen LogP) is 4.72. The molecular formula is C23H40O6. The van der Waals surface area contributed by atoms with Crippen LogP contribution in [0.15, 0.2) is 0 Å². The van der Waals surface area contributed by atoms with Crippen molar-refractivity contribution in [3.8, 4) is 0 Å². The zero-order valence-corrected chi connectivity index (χ0v) is 18.4. The van der Waals surface area contributed by atoms with Crippen molar-refractivity contribution in [1.29, 1.82) is 0 Å². The molecule has 4 atom stereocenters. The first kappa shape index (κ1) is 24.1. The number of carbonyl (C=O) groups excluding carboxylic acids is 2. The van der Waals surface area contributed by atoms with Crippen LogP contribution in [0.3, 0.4) is 0 Å². The smallest absolute Gasteiger partial charge is 0.305 e. The highest BCUT2D eigenvalue weighted by molar-refractivity contribution is 5.70. The Bertz CT molecular complexity index is 438. The fraction of sp³-hybridized carbons (Fsp3) is 0.913. The van der Waals surface area contributed by atoms with Crippen LogP contribution < -0.4 is 0 Å². The van der Waals surface area contributed by atoms with Crippen molar-refractivity contribution < 1.29 is 28.5 Å². The van der Waals surface area contributed by atoms with Gasteiger partial charge in [-0.15, -0.1) is 0 Å². The Morgan fingerprint density at radius 2 is 1.07 bits per heavy atom. The van der Waals surface area contributed by atoms with E-state index in [0.717, 1.165) is 32.1 Å². The van der Waals surface area contributed by atoms with Gasteiger partial charge in [-0.05, 0) is 25.7 Å². The van der Waals surface area contributed by atoms with Gasteiger partial charge in [0, 0.05) is 12.8 Å². The Hall–Kier alpha value is -1.14. The van der Waals surface area contributed by atoms with Crippen molar-refractivity contribution >= 4 is 11.9 Å². The second-order valence-electron chi connectivity index (χ2n) is 8.34. The summed E-state index contributed by atoms with van der Waals surface area (Å²) in [7, 11) is 0. The van der Waals surface area contributed by atoms with Gasteiger partial charge in [-0.1, -0.05) is 58.8 Å². The van der Waals surface area contributed by atoms with Gasteiger partial charge in [0.05, 0.1) is 12.2 Å². The molecule has 2 aliphatic rings. The van der Waals surface area contributed by atoms with E-state index in [1.807, 2.05) is 0 Å². The lowest BCUT2D eigenvalue weighted by molar-refractivity contribution is -0.144. The summed E-state index contributed by atoms with van der Waals surface area (Å²) < 4.78 is 21.6. The van der Waals surface area contributed by atoms with Crippen molar-refractivity contribution in [2.24, 2.45) is 0 Å². The summed E-state index contributed by atoms with van der Waals surface area (Å²) in [4.78, 5) is 23.5. The van der Waals surface area contributed by atoms with Gasteiger partial charge in [-0.2, -0.15) is 0 Å². The summed E-state index contributed by atoms with van der Waals surface area (Å²) in [5.74, 6) is -0.342. The standard InChI is InChI=1S/C23H40O6/c1-3-5-8-12-18-20(28-18)16-26-22(24)14-10-7-11-15-23(25)27-17-21-19(29-21)13-9-6-4-2/h18-21H,3-17H2,1-2H3. The third-order valence-corrected chi connectivity index (χ3v) is 5.64. The van der Waals surface area contributed by atoms with Crippen molar-refractivity contribution in [3.05, 3.63) is 0 Å². The van der Waals surface area contributed by atoms with E-state index >= 15 is 0 Å². The molecule has 0 aliphatic carbocycles. The highest BCUT2D eigenvalue weighted by atomic mass is 16.6. The lowest BCUT2D eigenvalue weighted by Gasteiger charge is -2.04. The van der Waals surface area contributed by atoms with Gasteiger partial charge in [-0.25, -0.2) is 0 Å². The Morgan fingerprint density at radius 1 is 0.621 bits per heavy atom. The van der Waals surface area contributed by atoms with E-state index in [2.05, 4.69) is 13.8 Å². The third-order valence-electron chi connectivity index (χ3n) is 5.64. The Labute approximate surface area is 176 Å². The third kappa shape index (κ3) is 11.0. The van der Waals surface area contributed by atoms with Crippen LogP contribution in [-0.2, 0) is 28.5 Å². The van der Waals surface area contributed by atoms with Gasteiger partial charge in [0.25, 0.3) is 0 Å². The minimum absolute atomic E-state index is 0.104. The molecule has 0 bridgehead atoms. The van der Waals surface area contributed by atoms with Crippen LogP contribution in [0.5, 0.6) is 0 Å². The summed E-state index contributed by atoms with van der Waals surface area (Å²) >= 11 is 0. The largest absolute Gasteiger partial charge is 0.463 e. The first-order valence-electron chi connectivity index (χ1n) is 11.8. The van der Waals surface area contributed by atoms with Gasteiger partial charge in [0.2, 0.25) is 0 Å². The van der Waals surface area contributed by atoms with E-state index < -0.39 is 0 Å². The molecule has 0 radical (unpaired) electrons. The average molecular weight is 413 g/mol. The van der Waals surface area contributed by atoms with Crippen molar-refractivity contribution in [2.45, 2.75) is 122 Å². The minimum Gasteiger partial charge on any atom is -0.463 e. The summed E-state index contributed by atoms with van der Waals surface area (Å²) in [6, 6.07) is 0.